The van der Waals surface area contributed by atoms with Gasteiger partial charge < -0.3 is 17.7 Å². The highest BCUT2D eigenvalue weighted by molar-refractivity contribution is 6.74. The van der Waals surface area contributed by atoms with Crippen molar-refractivity contribution in [3.63, 3.8) is 0 Å². The first kappa shape index (κ1) is 12.6. The minimum absolute atomic E-state index is 0.0291. The molecule has 0 aromatic heterocycles. The molecule has 0 saturated carbocycles. The van der Waals surface area contributed by atoms with Crippen molar-refractivity contribution in [2.24, 2.45) is 0 Å². The van der Waals surface area contributed by atoms with Gasteiger partial charge in [0.05, 0.1) is 5.75 Å². The van der Waals surface area contributed by atoms with Gasteiger partial charge in [-0.05, 0) is 25.1 Å². The van der Waals surface area contributed by atoms with Crippen molar-refractivity contribution in [1.82, 2.24) is 0 Å². The molecule has 1 rings (SSSR count). The van der Waals surface area contributed by atoms with Gasteiger partial charge in [0.15, 0.2) is 0 Å². The lowest BCUT2D eigenvalue weighted by Crippen LogP contribution is -2.35. The molecule has 0 aliphatic heterocycles. The first-order valence-electron chi connectivity index (χ1n) is 4.68. The molecule has 1 aromatic rings. The number of allylic oxidation sites excluding steroid dienone is 1. The zero-order valence-corrected chi connectivity index (χ0v) is 8.59. The molecule has 0 heterocycles. The second kappa shape index (κ2) is 5.05. The van der Waals surface area contributed by atoms with Crippen LogP contribution in [-0.2, 0) is 0 Å². The van der Waals surface area contributed by atoms with Crippen molar-refractivity contribution in [2.45, 2.75) is 6.92 Å². The van der Waals surface area contributed by atoms with Crippen LogP contribution in [0.25, 0.3) is 0 Å². The van der Waals surface area contributed by atoms with Crippen LogP contribution >= 0.6 is 0 Å². The highest BCUT2D eigenvalue weighted by atomic mass is 19.4. The van der Waals surface area contributed by atoms with Crippen LogP contribution in [0, 0.1) is 5.82 Å². The van der Waals surface area contributed by atoms with Gasteiger partial charge in [0, 0.05) is 0 Å². The van der Waals surface area contributed by atoms with E-state index in [1.807, 2.05) is 0 Å². The smallest absolute Gasteiger partial charge is 0.493 e. The standard InChI is InChI=1S/C10H10BF4O/c1-2-3-6-16-10-5-4-8(12)7-9(10)11(13,14)15/h2-5,7H,6H2,1H3/q-1. The summed E-state index contributed by atoms with van der Waals surface area (Å²) in [6.07, 6.45) is 3.22. The van der Waals surface area contributed by atoms with E-state index in [-0.39, 0.29) is 12.4 Å². The van der Waals surface area contributed by atoms with Crippen LogP contribution < -0.4 is 10.2 Å². The first-order valence-corrected chi connectivity index (χ1v) is 4.68. The van der Waals surface area contributed by atoms with Crippen molar-refractivity contribution >= 4 is 12.4 Å². The van der Waals surface area contributed by atoms with E-state index >= 15 is 0 Å². The molecule has 0 N–H and O–H groups in total. The number of halogens is 4. The van der Waals surface area contributed by atoms with E-state index in [1.165, 1.54) is 0 Å². The minimum Gasteiger partial charge on any atom is -0.493 e. The summed E-state index contributed by atoms with van der Waals surface area (Å²) in [5.41, 5.74) is -1.04. The maximum absolute atomic E-state index is 12.7. The summed E-state index contributed by atoms with van der Waals surface area (Å²) in [6, 6.07) is 2.38. The predicted molar refractivity (Wildman–Crippen MR) is 55.4 cm³/mol. The van der Waals surface area contributed by atoms with Crippen molar-refractivity contribution < 1.29 is 22.1 Å². The highest BCUT2D eigenvalue weighted by Crippen LogP contribution is 2.18. The summed E-state index contributed by atoms with van der Waals surface area (Å²) in [5.74, 6) is -1.26. The summed E-state index contributed by atoms with van der Waals surface area (Å²) >= 11 is 0. The van der Waals surface area contributed by atoms with Crippen LogP contribution in [0.5, 0.6) is 5.75 Å². The largest absolute Gasteiger partial charge is 0.513 e. The molecule has 1 nitrogen and oxygen atoms in total. The van der Waals surface area contributed by atoms with E-state index in [0.29, 0.717) is 6.07 Å². The maximum Gasteiger partial charge on any atom is 0.513 e. The Morgan fingerprint density at radius 2 is 2.00 bits per heavy atom. The Morgan fingerprint density at radius 3 is 2.56 bits per heavy atom. The molecule has 0 aliphatic rings. The van der Waals surface area contributed by atoms with Crippen LogP contribution in [0.2, 0.25) is 0 Å². The molecule has 88 valence electrons. The van der Waals surface area contributed by atoms with E-state index < -0.39 is 18.3 Å². The molecule has 0 radical (unpaired) electrons. The van der Waals surface area contributed by atoms with Gasteiger partial charge in [-0.15, -0.1) is 0 Å². The third kappa shape index (κ3) is 3.29. The van der Waals surface area contributed by atoms with E-state index in [1.54, 1.807) is 19.1 Å². The molecule has 1 aromatic carbocycles. The second-order valence-corrected chi connectivity index (χ2v) is 3.14. The predicted octanol–water partition coefficient (Wildman–Crippen LogP) is 2.84. The zero-order chi connectivity index (χ0) is 12.2. The fourth-order valence-electron chi connectivity index (χ4n) is 1.14. The van der Waals surface area contributed by atoms with Crippen molar-refractivity contribution in [1.29, 1.82) is 0 Å². The molecule has 0 spiro atoms. The summed E-state index contributed by atoms with van der Waals surface area (Å²) in [5, 5.41) is 0. The Balaban J connectivity index is 2.99. The van der Waals surface area contributed by atoms with E-state index in [9.17, 15) is 17.3 Å². The Hall–Kier alpha value is -1.46. The number of hydrogen-bond donors (Lipinski definition) is 0. The van der Waals surface area contributed by atoms with Gasteiger partial charge in [0.25, 0.3) is 0 Å². The molecule has 16 heavy (non-hydrogen) atoms. The minimum atomic E-state index is -5.27. The molecular weight excluding hydrogens is 223 g/mol. The van der Waals surface area contributed by atoms with Gasteiger partial charge in [-0.2, -0.15) is 0 Å². The molecule has 0 fully saturated rings. The number of benzene rings is 1. The molecule has 0 amide bonds. The highest BCUT2D eigenvalue weighted by Gasteiger charge is 2.29. The number of ether oxygens (including phenoxy) is 1. The van der Waals surface area contributed by atoms with Crippen molar-refractivity contribution in [3.8, 4) is 5.75 Å². The van der Waals surface area contributed by atoms with E-state index in [2.05, 4.69) is 0 Å². The van der Waals surface area contributed by atoms with Gasteiger partial charge >= 0.3 is 6.98 Å². The van der Waals surface area contributed by atoms with Crippen LogP contribution in [0.3, 0.4) is 0 Å². The first-order chi connectivity index (χ1) is 7.45. The van der Waals surface area contributed by atoms with Crippen LogP contribution in [0.4, 0.5) is 17.3 Å². The zero-order valence-electron chi connectivity index (χ0n) is 8.59. The quantitative estimate of drug-likeness (QED) is 0.441. The van der Waals surface area contributed by atoms with Gasteiger partial charge in [0.1, 0.15) is 12.4 Å². The van der Waals surface area contributed by atoms with E-state index in [4.69, 9.17) is 4.74 Å². The molecule has 0 atom stereocenters. The molecule has 6 heteroatoms. The molecule has 0 saturated heterocycles. The van der Waals surface area contributed by atoms with Gasteiger partial charge in [-0.25, -0.2) is 4.39 Å². The molecule has 0 bridgehead atoms. The third-order valence-corrected chi connectivity index (χ3v) is 1.90. The third-order valence-electron chi connectivity index (χ3n) is 1.90. The normalized spacial score (nSPS) is 12.1. The van der Waals surface area contributed by atoms with Gasteiger partial charge in [-0.3, -0.25) is 0 Å². The summed E-state index contributed by atoms with van der Waals surface area (Å²) in [7, 11) is 0. The molecule has 0 unspecified atom stereocenters. The van der Waals surface area contributed by atoms with Crippen LogP contribution in [-0.4, -0.2) is 13.6 Å². The number of hydrogen-bond acceptors (Lipinski definition) is 1. The Labute approximate surface area is 90.8 Å². The van der Waals surface area contributed by atoms with Gasteiger partial charge in [-0.1, -0.05) is 17.6 Å². The fraction of sp³-hybridized carbons (Fsp3) is 0.200. The lowest BCUT2D eigenvalue weighted by molar-refractivity contribution is 0.362. The second-order valence-electron chi connectivity index (χ2n) is 3.14. The maximum atomic E-state index is 12.7. The van der Waals surface area contributed by atoms with E-state index in [0.717, 1.165) is 12.1 Å². The Kier molecular flexibility index (Phi) is 3.98. The van der Waals surface area contributed by atoms with Crippen LogP contribution in [0.15, 0.2) is 30.4 Å². The SMILES string of the molecule is CC=CCOc1ccc(F)cc1[B-](F)(F)F. The molecular formula is C10H10BF4O-. The van der Waals surface area contributed by atoms with Gasteiger partial charge in [0.2, 0.25) is 0 Å². The van der Waals surface area contributed by atoms with Crippen molar-refractivity contribution in [3.05, 3.63) is 36.2 Å². The Morgan fingerprint density at radius 1 is 1.31 bits per heavy atom. The average molecular weight is 233 g/mol. The summed E-state index contributed by atoms with van der Waals surface area (Å²) in [6.45, 7) is -3.51. The monoisotopic (exact) mass is 233 g/mol. The Bertz CT molecular complexity index is 387. The molecule has 0 aliphatic carbocycles. The lowest BCUT2D eigenvalue weighted by Gasteiger charge is -2.19. The lowest BCUT2D eigenvalue weighted by atomic mass is 9.79. The average Bonchev–Trinajstić information content (AvgIpc) is 2.19. The number of rotatable bonds is 4. The topological polar surface area (TPSA) is 9.23 Å². The van der Waals surface area contributed by atoms with Crippen molar-refractivity contribution in [2.75, 3.05) is 6.61 Å². The fourth-order valence-corrected chi connectivity index (χ4v) is 1.14. The summed E-state index contributed by atoms with van der Waals surface area (Å²) < 4.78 is 55.2. The summed E-state index contributed by atoms with van der Waals surface area (Å²) in [4.78, 5) is 0. The van der Waals surface area contributed by atoms with Crippen LogP contribution in [0.1, 0.15) is 6.92 Å².